The molecular weight excluding hydrogens is 491 g/mol. The molecule has 2 unspecified atom stereocenters. The van der Waals surface area contributed by atoms with E-state index in [-0.39, 0.29) is 24.0 Å². The van der Waals surface area contributed by atoms with Crippen molar-refractivity contribution in [2.24, 2.45) is 10.9 Å². The Morgan fingerprint density at radius 3 is 2.79 bits per heavy atom. The minimum atomic E-state index is -0.695. The summed E-state index contributed by atoms with van der Waals surface area (Å²) < 4.78 is 5.44. The van der Waals surface area contributed by atoms with Gasteiger partial charge in [-0.25, -0.2) is 0 Å². The van der Waals surface area contributed by atoms with Gasteiger partial charge in [0.15, 0.2) is 5.96 Å². The number of halogens is 2. The SMILES string of the molecule is CCNC(=NCC(O)c1ccccc1Cl)N1CCC(CN2CCOCC2)C1.I. The highest BCUT2D eigenvalue weighted by Crippen LogP contribution is 2.23. The molecule has 0 spiro atoms. The van der Waals surface area contributed by atoms with E-state index in [0.29, 0.717) is 17.5 Å². The van der Waals surface area contributed by atoms with Gasteiger partial charge in [-0.15, -0.1) is 24.0 Å². The van der Waals surface area contributed by atoms with Crippen molar-refractivity contribution < 1.29 is 9.84 Å². The Labute approximate surface area is 190 Å². The van der Waals surface area contributed by atoms with Crippen molar-refractivity contribution in [1.29, 1.82) is 0 Å². The van der Waals surface area contributed by atoms with Gasteiger partial charge in [0.1, 0.15) is 6.10 Å². The molecule has 8 heteroatoms. The summed E-state index contributed by atoms with van der Waals surface area (Å²) in [6.45, 7) is 10.1. The summed E-state index contributed by atoms with van der Waals surface area (Å²) in [6.07, 6.45) is 0.480. The number of nitrogens with zero attached hydrogens (tertiary/aromatic N) is 3. The lowest BCUT2D eigenvalue weighted by molar-refractivity contribution is 0.0315. The van der Waals surface area contributed by atoms with Gasteiger partial charge >= 0.3 is 0 Å². The third-order valence-corrected chi connectivity index (χ3v) is 5.56. The summed E-state index contributed by atoms with van der Waals surface area (Å²) >= 11 is 6.19. The van der Waals surface area contributed by atoms with Gasteiger partial charge < -0.3 is 20.1 Å². The smallest absolute Gasteiger partial charge is 0.194 e. The van der Waals surface area contributed by atoms with Gasteiger partial charge in [0.2, 0.25) is 0 Å². The van der Waals surface area contributed by atoms with Crippen LogP contribution < -0.4 is 5.32 Å². The quantitative estimate of drug-likeness (QED) is 0.342. The largest absolute Gasteiger partial charge is 0.386 e. The fourth-order valence-electron chi connectivity index (χ4n) is 3.77. The second-order valence-electron chi connectivity index (χ2n) is 7.25. The van der Waals surface area contributed by atoms with Crippen molar-refractivity contribution in [3.8, 4) is 0 Å². The van der Waals surface area contributed by atoms with Crippen LogP contribution in [0, 0.1) is 5.92 Å². The molecule has 0 aromatic heterocycles. The van der Waals surface area contributed by atoms with Crippen molar-refractivity contribution in [3.05, 3.63) is 34.9 Å². The van der Waals surface area contributed by atoms with E-state index in [1.165, 1.54) is 6.42 Å². The molecule has 6 nitrogen and oxygen atoms in total. The minimum Gasteiger partial charge on any atom is -0.386 e. The summed E-state index contributed by atoms with van der Waals surface area (Å²) in [5.74, 6) is 1.54. The predicted molar refractivity (Wildman–Crippen MR) is 125 cm³/mol. The number of morpholine rings is 1. The number of aliphatic imine (C=N–C) groups is 1. The second-order valence-corrected chi connectivity index (χ2v) is 7.65. The molecule has 2 saturated heterocycles. The highest BCUT2D eigenvalue weighted by atomic mass is 127. The normalized spacial score (nSPS) is 22.0. The van der Waals surface area contributed by atoms with Crippen LogP contribution in [-0.4, -0.2) is 79.9 Å². The number of aliphatic hydroxyl groups is 1. The zero-order valence-electron chi connectivity index (χ0n) is 16.5. The van der Waals surface area contributed by atoms with Gasteiger partial charge in [-0.1, -0.05) is 29.8 Å². The molecule has 0 saturated carbocycles. The van der Waals surface area contributed by atoms with E-state index < -0.39 is 6.10 Å². The summed E-state index contributed by atoms with van der Waals surface area (Å²) in [7, 11) is 0. The molecular formula is C20H32ClIN4O2. The first-order valence-corrected chi connectivity index (χ1v) is 10.3. The first-order chi connectivity index (χ1) is 13.2. The van der Waals surface area contributed by atoms with E-state index in [9.17, 15) is 5.11 Å². The Bertz CT molecular complexity index is 628. The maximum absolute atomic E-state index is 10.5. The maximum Gasteiger partial charge on any atom is 0.194 e. The Morgan fingerprint density at radius 1 is 1.32 bits per heavy atom. The molecule has 2 heterocycles. The predicted octanol–water partition coefficient (Wildman–Crippen LogP) is 2.61. The van der Waals surface area contributed by atoms with Crippen molar-refractivity contribution in [2.75, 3.05) is 59.0 Å². The second kappa shape index (κ2) is 12.2. The van der Waals surface area contributed by atoms with Crippen molar-refractivity contribution in [2.45, 2.75) is 19.4 Å². The molecule has 2 fully saturated rings. The molecule has 2 aliphatic rings. The number of hydrogen-bond acceptors (Lipinski definition) is 4. The van der Waals surface area contributed by atoms with Crippen molar-refractivity contribution in [3.63, 3.8) is 0 Å². The Hall–Kier alpha value is -0.610. The van der Waals surface area contributed by atoms with Crippen LogP contribution in [0.25, 0.3) is 0 Å². The van der Waals surface area contributed by atoms with Gasteiger partial charge in [-0.3, -0.25) is 9.89 Å². The van der Waals surface area contributed by atoms with Crippen LogP contribution in [0.4, 0.5) is 0 Å². The van der Waals surface area contributed by atoms with Gasteiger partial charge in [-0.05, 0) is 25.3 Å². The maximum atomic E-state index is 10.5. The van der Waals surface area contributed by atoms with Crippen LogP contribution in [0.5, 0.6) is 0 Å². The van der Waals surface area contributed by atoms with Crippen LogP contribution in [0.1, 0.15) is 25.0 Å². The lowest BCUT2D eigenvalue weighted by Gasteiger charge is -2.29. The molecule has 0 bridgehead atoms. The van der Waals surface area contributed by atoms with Crippen LogP contribution in [0.2, 0.25) is 5.02 Å². The Kier molecular flexibility index (Phi) is 10.3. The van der Waals surface area contributed by atoms with Crippen molar-refractivity contribution >= 4 is 41.5 Å². The molecule has 158 valence electrons. The molecule has 0 aliphatic carbocycles. The van der Waals surface area contributed by atoms with Crippen LogP contribution in [0.15, 0.2) is 29.3 Å². The lowest BCUT2D eigenvalue weighted by Crippen LogP contribution is -2.42. The van der Waals surface area contributed by atoms with Gasteiger partial charge in [0, 0.05) is 49.9 Å². The first-order valence-electron chi connectivity index (χ1n) is 9.93. The average molecular weight is 523 g/mol. The molecule has 0 amide bonds. The summed E-state index contributed by atoms with van der Waals surface area (Å²) in [5.41, 5.74) is 0.727. The number of likely N-dealkylation sites (tertiary alicyclic amines) is 1. The highest BCUT2D eigenvalue weighted by molar-refractivity contribution is 14.0. The van der Waals surface area contributed by atoms with E-state index >= 15 is 0 Å². The molecule has 2 atom stereocenters. The number of rotatable bonds is 6. The summed E-state index contributed by atoms with van der Waals surface area (Å²) in [6, 6.07) is 7.40. The molecule has 0 radical (unpaired) electrons. The van der Waals surface area contributed by atoms with E-state index in [4.69, 9.17) is 16.3 Å². The number of benzene rings is 1. The molecule has 2 N–H and O–H groups in total. The van der Waals surface area contributed by atoms with E-state index in [2.05, 4.69) is 27.0 Å². The zero-order chi connectivity index (χ0) is 19.1. The fraction of sp³-hybridized carbons (Fsp3) is 0.650. The Morgan fingerprint density at radius 2 is 2.07 bits per heavy atom. The Balaban J connectivity index is 0.00000280. The van der Waals surface area contributed by atoms with Crippen molar-refractivity contribution in [1.82, 2.24) is 15.1 Å². The van der Waals surface area contributed by atoms with Crippen LogP contribution >= 0.6 is 35.6 Å². The lowest BCUT2D eigenvalue weighted by atomic mass is 10.1. The van der Waals surface area contributed by atoms with Gasteiger partial charge in [0.25, 0.3) is 0 Å². The molecule has 2 aliphatic heterocycles. The number of aliphatic hydroxyl groups excluding tert-OH is 1. The summed E-state index contributed by atoms with van der Waals surface area (Å²) in [5, 5.41) is 14.4. The third kappa shape index (κ3) is 6.73. The fourth-order valence-corrected chi connectivity index (χ4v) is 4.03. The molecule has 1 aromatic carbocycles. The van der Waals surface area contributed by atoms with E-state index in [1.54, 1.807) is 6.07 Å². The highest BCUT2D eigenvalue weighted by Gasteiger charge is 2.27. The van der Waals surface area contributed by atoms with E-state index in [0.717, 1.165) is 64.0 Å². The molecule has 28 heavy (non-hydrogen) atoms. The van der Waals surface area contributed by atoms with Crippen LogP contribution in [-0.2, 0) is 4.74 Å². The average Bonchev–Trinajstić information content (AvgIpc) is 3.14. The molecule has 3 rings (SSSR count). The third-order valence-electron chi connectivity index (χ3n) is 5.22. The number of guanidine groups is 1. The number of hydrogen-bond donors (Lipinski definition) is 2. The molecule has 1 aromatic rings. The zero-order valence-corrected chi connectivity index (χ0v) is 19.6. The van der Waals surface area contributed by atoms with Gasteiger partial charge in [-0.2, -0.15) is 0 Å². The standard InChI is InChI=1S/C20H31ClN4O2.HI/c1-2-22-20(23-13-19(26)17-5-3-4-6-18(17)21)25-8-7-16(15-25)14-24-9-11-27-12-10-24;/h3-6,16,19,26H,2,7-15H2,1H3,(H,22,23);1H. The summed E-state index contributed by atoms with van der Waals surface area (Å²) in [4.78, 5) is 9.50. The number of nitrogens with one attached hydrogen (secondary N) is 1. The van der Waals surface area contributed by atoms with Gasteiger partial charge in [0.05, 0.1) is 19.8 Å². The topological polar surface area (TPSA) is 60.3 Å². The minimum absolute atomic E-state index is 0. The first kappa shape index (κ1) is 23.7. The number of ether oxygens (including phenoxy) is 1. The van der Waals surface area contributed by atoms with Crippen LogP contribution in [0.3, 0.4) is 0 Å². The van der Waals surface area contributed by atoms with E-state index in [1.807, 2.05) is 18.2 Å². The monoisotopic (exact) mass is 522 g/mol.